The maximum atomic E-state index is 12.5. The van der Waals surface area contributed by atoms with Crippen LogP contribution >= 0.6 is 23.1 Å². The second kappa shape index (κ2) is 8.45. The molecular formula is C19H21N3OS2. The van der Waals surface area contributed by atoms with E-state index in [-0.39, 0.29) is 11.2 Å². The Bertz CT molecular complexity index is 835. The molecule has 0 saturated heterocycles. The van der Waals surface area contributed by atoms with E-state index < -0.39 is 0 Å². The van der Waals surface area contributed by atoms with Crippen molar-refractivity contribution in [3.05, 3.63) is 53.7 Å². The van der Waals surface area contributed by atoms with E-state index in [1.165, 1.54) is 17.3 Å². The molecule has 1 N–H and O–H groups in total. The summed E-state index contributed by atoms with van der Waals surface area (Å²) in [5, 5.41) is 6.78. The van der Waals surface area contributed by atoms with Crippen LogP contribution in [-0.2, 0) is 4.79 Å². The molecule has 2 aromatic heterocycles. The van der Waals surface area contributed by atoms with Gasteiger partial charge in [0, 0.05) is 17.8 Å². The highest BCUT2D eigenvalue weighted by Gasteiger charge is 2.18. The average Bonchev–Trinajstić information content (AvgIpc) is 3.12. The van der Waals surface area contributed by atoms with Crippen molar-refractivity contribution in [2.75, 3.05) is 6.54 Å². The van der Waals surface area contributed by atoms with Gasteiger partial charge in [0.2, 0.25) is 5.91 Å². The van der Waals surface area contributed by atoms with Gasteiger partial charge in [-0.25, -0.2) is 9.97 Å². The Balaban J connectivity index is 1.60. The molecule has 3 aromatic rings. The zero-order chi connectivity index (χ0) is 17.6. The normalized spacial score (nSPS) is 13.5. The van der Waals surface area contributed by atoms with Gasteiger partial charge in [-0.1, -0.05) is 49.0 Å². The molecule has 0 aliphatic carbocycles. The third-order valence-corrected chi connectivity index (χ3v) is 6.11. The molecule has 6 heteroatoms. The average molecular weight is 372 g/mol. The molecule has 1 aromatic carbocycles. The largest absolute Gasteiger partial charge is 0.355 e. The lowest BCUT2D eigenvalue weighted by Crippen LogP contribution is -2.34. The molecule has 0 fully saturated rings. The number of thioether (sulfide) groups is 1. The number of nitrogens with zero attached hydrogens (tertiary/aromatic N) is 2. The Hall–Kier alpha value is -1.92. The number of benzene rings is 1. The van der Waals surface area contributed by atoms with E-state index in [9.17, 15) is 4.79 Å². The molecule has 0 unspecified atom stereocenters. The number of thiophene rings is 1. The van der Waals surface area contributed by atoms with Gasteiger partial charge in [0.25, 0.3) is 0 Å². The molecule has 4 nitrogen and oxygen atoms in total. The standard InChI is InChI=1S/C19H21N3OS2/c1-3-14(15-7-5-4-6-8-15)11-20-17(23)13(2)25-19-16-9-10-24-18(16)21-12-22-19/h4-10,12-14H,3,11H2,1-2H3,(H,20,23)/t13-,14-/m0/s1. The van der Waals surface area contributed by atoms with Gasteiger partial charge in [0.15, 0.2) is 0 Å². The van der Waals surface area contributed by atoms with Crippen molar-refractivity contribution in [1.29, 1.82) is 0 Å². The highest BCUT2D eigenvalue weighted by Crippen LogP contribution is 2.30. The number of fused-ring (bicyclic) bond motifs is 1. The predicted molar refractivity (Wildman–Crippen MR) is 105 cm³/mol. The van der Waals surface area contributed by atoms with Crippen LogP contribution in [0.3, 0.4) is 0 Å². The van der Waals surface area contributed by atoms with E-state index in [4.69, 9.17) is 0 Å². The SMILES string of the molecule is CC[C@@H](CNC(=O)[C@H](C)Sc1ncnc2sccc12)c1ccccc1. The van der Waals surface area contributed by atoms with E-state index in [0.717, 1.165) is 21.7 Å². The first-order valence-corrected chi connectivity index (χ1v) is 10.1. The minimum Gasteiger partial charge on any atom is -0.355 e. The summed E-state index contributed by atoms with van der Waals surface area (Å²) >= 11 is 3.07. The lowest BCUT2D eigenvalue weighted by molar-refractivity contribution is -0.120. The van der Waals surface area contributed by atoms with Gasteiger partial charge in [-0.3, -0.25) is 4.79 Å². The summed E-state index contributed by atoms with van der Waals surface area (Å²) in [6, 6.07) is 12.3. The summed E-state index contributed by atoms with van der Waals surface area (Å²) in [4.78, 5) is 22.0. The summed E-state index contributed by atoms with van der Waals surface area (Å²) < 4.78 is 0. The molecule has 0 aliphatic heterocycles. The lowest BCUT2D eigenvalue weighted by Gasteiger charge is -2.18. The van der Waals surface area contributed by atoms with Crippen molar-refractivity contribution < 1.29 is 4.79 Å². The van der Waals surface area contributed by atoms with Crippen molar-refractivity contribution in [3.63, 3.8) is 0 Å². The maximum Gasteiger partial charge on any atom is 0.233 e. The molecule has 2 atom stereocenters. The van der Waals surface area contributed by atoms with Crippen LogP contribution in [-0.4, -0.2) is 27.7 Å². The summed E-state index contributed by atoms with van der Waals surface area (Å²) in [6.07, 6.45) is 2.56. The van der Waals surface area contributed by atoms with Crippen LogP contribution in [0.4, 0.5) is 0 Å². The number of amides is 1. The Morgan fingerprint density at radius 1 is 1.24 bits per heavy atom. The first-order valence-electron chi connectivity index (χ1n) is 8.36. The van der Waals surface area contributed by atoms with E-state index >= 15 is 0 Å². The number of carbonyl (C=O) groups excluding carboxylic acids is 1. The third-order valence-electron chi connectivity index (χ3n) is 4.17. The number of hydrogen-bond acceptors (Lipinski definition) is 5. The summed E-state index contributed by atoms with van der Waals surface area (Å²) in [6.45, 7) is 4.72. The van der Waals surface area contributed by atoms with Gasteiger partial charge in [-0.15, -0.1) is 11.3 Å². The quantitative estimate of drug-likeness (QED) is 0.491. The Kier molecular flexibility index (Phi) is 6.04. The monoisotopic (exact) mass is 371 g/mol. The van der Waals surface area contributed by atoms with Crippen molar-refractivity contribution >= 4 is 39.2 Å². The second-order valence-electron chi connectivity index (χ2n) is 5.84. The van der Waals surface area contributed by atoms with Crippen LogP contribution in [0.5, 0.6) is 0 Å². The van der Waals surface area contributed by atoms with Crippen LogP contribution in [0, 0.1) is 0 Å². The predicted octanol–water partition coefficient (Wildman–Crippen LogP) is 4.48. The van der Waals surface area contributed by atoms with Gasteiger partial charge >= 0.3 is 0 Å². The van der Waals surface area contributed by atoms with Crippen LogP contribution in [0.25, 0.3) is 10.2 Å². The molecule has 3 rings (SSSR count). The molecular weight excluding hydrogens is 350 g/mol. The number of rotatable bonds is 7. The highest BCUT2D eigenvalue weighted by molar-refractivity contribution is 8.00. The summed E-state index contributed by atoms with van der Waals surface area (Å²) in [5.74, 6) is 0.381. The van der Waals surface area contributed by atoms with Crippen LogP contribution < -0.4 is 5.32 Å². The Labute approximate surface area is 156 Å². The van der Waals surface area contributed by atoms with Crippen LogP contribution in [0.1, 0.15) is 31.7 Å². The number of carbonyl (C=O) groups is 1. The van der Waals surface area contributed by atoms with E-state index in [0.29, 0.717) is 12.5 Å². The van der Waals surface area contributed by atoms with Crippen molar-refractivity contribution in [2.45, 2.75) is 36.5 Å². The van der Waals surface area contributed by atoms with Gasteiger partial charge in [-0.2, -0.15) is 0 Å². The minimum absolute atomic E-state index is 0.0429. The topological polar surface area (TPSA) is 54.9 Å². The van der Waals surface area contributed by atoms with Crippen molar-refractivity contribution in [1.82, 2.24) is 15.3 Å². The maximum absolute atomic E-state index is 12.5. The lowest BCUT2D eigenvalue weighted by atomic mass is 9.96. The number of nitrogens with one attached hydrogen (secondary N) is 1. The molecule has 0 saturated carbocycles. The number of hydrogen-bond donors (Lipinski definition) is 1. The van der Waals surface area contributed by atoms with Crippen molar-refractivity contribution in [2.24, 2.45) is 0 Å². The van der Waals surface area contributed by atoms with Crippen molar-refractivity contribution in [3.8, 4) is 0 Å². The first-order chi connectivity index (χ1) is 12.2. The van der Waals surface area contributed by atoms with Crippen LogP contribution in [0.2, 0.25) is 0 Å². The molecule has 0 spiro atoms. The Morgan fingerprint density at radius 2 is 2.04 bits per heavy atom. The minimum atomic E-state index is -0.203. The second-order valence-corrected chi connectivity index (χ2v) is 8.06. The molecule has 25 heavy (non-hydrogen) atoms. The fourth-order valence-corrected chi connectivity index (χ4v) is 4.40. The number of aromatic nitrogens is 2. The Morgan fingerprint density at radius 3 is 2.80 bits per heavy atom. The molecule has 130 valence electrons. The highest BCUT2D eigenvalue weighted by atomic mass is 32.2. The summed E-state index contributed by atoms with van der Waals surface area (Å²) in [5.41, 5.74) is 1.27. The molecule has 0 aliphatic rings. The fraction of sp³-hybridized carbons (Fsp3) is 0.316. The molecule has 1 amide bonds. The van der Waals surface area contributed by atoms with E-state index in [2.05, 4.69) is 34.3 Å². The van der Waals surface area contributed by atoms with Gasteiger partial charge in [-0.05, 0) is 30.4 Å². The molecule has 2 heterocycles. The van der Waals surface area contributed by atoms with E-state index in [1.807, 2.05) is 36.6 Å². The van der Waals surface area contributed by atoms with Crippen LogP contribution in [0.15, 0.2) is 53.1 Å². The fourth-order valence-electron chi connectivity index (χ4n) is 2.67. The zero-order valence-electron chi connectivity index (χ0n) is 14.3. The summed E-state index contributed by atoms with van der Waals surface area (Å²) in [7, 11) is 0. The molecule has 0 bridgehead atoms. The smallest absolute Gasteiger partial charge is 0.233 e. The third kappa shape index (κ3) is 4.38. The zero-order valence-corrected chi connectivity index (χ0v) is 15.9. The van der Waals surface area contributed by atoms with Gasteiger partial charge in [0.1, 0.15) is 16.2 Å². The van der Waals surface area contributed by atoms with Gasteiger partial charge in [0.05, 0.1) is 5.25 Å². The van der Waals surface area contributed by atoms with Gasteiger partial charge < -0.3 is 5.32 Å². The first kappa shape index (κ1) is 17.9. The van der Waals surface area contributed by atoms with E-state index in [1.54, 1.807) is 17.7 Å². The molecule has 0 radical (unpaired) electrons.